The van der Waals surface area contributed by atoms with Gasteiger partial charge >= 0.3 is 0 Å². The SMILES string of the molecule is CC1(N[C@H]2CC[C@@H](C(=O)N[C@H](c3c(F)ccc(Cl)c3F)C3(C)CCCC3)C2)COC1. The smallest absolute Gasteiger partial charge is 0.223 e. The fourth-order valence-corrected chi connectivity index (χ4v) is 5.63. The number of carbonyl (C=O) groups excluding carboxylic acids is 1. The summed E-state index contributed by atoms with van der Waals surface area (Å²) in [6, 6.07) is 1.95. The van der Waals surface area contributed by atoms with Gasteiger partial charge in [-0.2, -0.15) is 0 Å². The van der Waals surface area contributed by atoms with Crippen LogP contribution in [0.5, 0.6) is 0 Å². The molecule has 4 rings (SSSR count). The van der Waals surface area contributed by atoms with E-state index < -0.39 is 23.1 Å². The zero-order valence-corrected chi connectivity index (χ0v) is 18.5. The second-order valence-electron chi connectivity index (χ2n) is 9.96. The Morgan fingerprint density at radius 3 is 2.53 bits per heavy atom. The zero-order valence-electron chi connectivity index (χ0n) is 17.7. The van der Waals surface area contributed by atoms with Crippen LogP contribution >= 0.6 is 11.6 Å². The molecule has 3 fully saturated rings. The van der Waals surface area contributed by atoms with Crippen LogP contribution < -0.4 is 10.6 Å². The molecule has 0 radical (unpaired) electrons. The maximum absolute atomic E-state index is 14.9. The molecule has 3 aliphatic rings. The summed E-state index contributed by atoms with van der Waals surface area (Å²) in [6.45, 7) is 5.52. The first-order valence-corrected chi connectivity index (χ1v) is 11.4. The van der Waals surface area contributed by atoms with Crippen molar-refractivity contribution in [1.29, 1.82) is 0 Å². The molecule has 1 heterocycles. The number of ether oxygens (including phenoxy) is 1. The van der Waals surface area contributed by atoms with Gasteiger partial charge in [-0.3, -0.25) is 4.79 Å². The molecule has 4 nitrogen and oxygen atoms in total. The summed E-state index contributed by atoms with van der Waals surface area (Å²) in [4.78, 5) is 13.2. The monoisotopic (exact) mass is 440 g/mol. The Kier molecular flexibility index (Phi) is 6.12. The third kappa shape index (κ3) is 4.23. The minimum absolute atomic E-state index is 0.0110. The van der Waals surface area contributed by atoms with Gasteiger partial charge in [0.05, 0.1) is 29.8 Å². The van der Waals surface area contributed by atoms with E-state index in [0.29, 0.717) is 13.2 Å². The second kappa shape index (κ2) is 8.36. The maximum Gasteiger partial charge on any atom is 0.223 e. The van der Waals surface area contributed by atoms with Crippen LogP contribution in [-0.4, -0.2) is 30.7 Å². The number of nitrogens with one attached hydrogen (secondary N) is 2. The Bertz CT molecular complexity index is 809. The van der Waals surface area contributed by atoms with Gasteiger partial charge < -0.3 is 15.4 Å². The molecular formula is C23H31ClF2N2O2. The minimum atomic E-state index is -0.765. The lowest BCUT2D eigenvalue weighted by Gasteiger charge is -2.41. The summed E-state index contributed by atoms with van der Waals surface area (Å²) in [6.07, 6.45) is 6.02. The predicted octanol–water partition coefficient (Wildman–Crippen LogP) is 4.90. The third-order valence-electron chi connectivity index (χ3n) is 7.29. The molecule has 7 heteroatoms. The molecule has 1 aromatic rings. The van der Waals surface area contributed by atoms with Crippen LogP contribution in [-0.2, 0) is 9.53 Å². The average Bonchev–Trinajstić information content (AvgIpc) is 3.33. The number of carbonyl (C=O) groups is 1. The summed E-state index contributed by atoms with van der Waals surface area (Å²) < 4.78 is 35.0. The number of benzene rings is 1. The summed E-state index contributed by atoms with van der Waals surface area (Å²) in [5, 5.41) is 6.54. The highest BCUT2D eigenvalue weighted by molar-refractivity contribution is 6.30. The van der Waals surface area contributed by atoms with Crippen molar-refractivity contribution in [2.45, 2.75) is 76.4 Å². The molecule has 0 bridgehead atoms. The van der Waals surface area contributed by atoms with Crippen LogP contribution in [0.15, 0.2) is 12.1 Å². The van der Waals surface area contributed by atoms with E-state index in [4.69, 9.17) is 16.3 Å². The van der Waals surface area contributed by atoms with E-state index in [0.717, 1.165) is 44.9 Å². The molecule has 30 heavy (non-hydrogen) atoms. The number of hydrogen-bond donors (Lipinski definition) is 2. The van der Waals surface area contributed by atoms with E-state index in [1.54, 1.807) is 0 Å². The molecule has 1 saturated heterocycles. The highest BCUT2D eigenvalue weighted by atomic mass is 35.5. The maximum atomic E-state index is 14.9. The van der Waals surface area contributed by atoms with Crippen LogP contribution in [0.4, 0.5) is 8.78 Å². The van der Waals surface area contributed by atoms with Crippen molar-refractivity contribution in [3.63, 3.8) is 0 Å². The van der Waals surface area contributed by atoms with E-state index in [1.165, 1.54) is 12.1 Å². The molecule has 0 spiro atoms. The largest absolute Gasteiger partial charge is 0.377 e. The molecule has 0 aromatic heterocycles. The van der Waals surface area contributed by atoms with Crippen molar-refractivity contribution in [2.75, 3.05) is 13.2 Å². The third-order valence-corrected chi connectivity index (χ3v) is 7.59. The van der Waals surface area contributed by atoms with Gasteiger partial charge in [0.2, 0.25) is 5.91 Å². The van der Waals surface area contributed by atoms with Crippen LogP contribution in [0, 0.1) is 23.0 Å². The summed E-state index contributed by atoms with van der Waals surface area (Å²) >= 11 is 5.97. The molecule has 166 valence electrons. The Morgan fingerprint density at radius 2 is 1.90 bits per heavy atom. The Labute approximate surface area is 182 Å². The first-order chi connectivity index (χ1) is 14.2. The first-order valence-electron chi connectivity index (χ1n) is 11.0. The van der Waals surface area contributed by atoms with E-state index >= 15 is 0 Å². The number of rotatable bonds is 6. The molecule has 2 aliphatic carbocycles. The van der Waals surface area contributed by atoms with Crippen molar-refractivity contribution in [1.82, 2.24) is 10.6 Å². The van der Waals surface area contributed by atoms with Gasteiger partial charge in [-0.15, -0.1) is 0 Å². The molecule has 3 atom stereocenters. The number of amides is 1. The van der Waals surface area contributed by atoms with Gasteiger partial charge in [0.15, 0.2) is 0 Å². The lowest BCUT2D eigenvalue weighted by Crippen LogP contribution is -2.60. The van der Waals surface area contributed by atoms with E-state index in [9.17, 15) is 13.6 Å². The lowest BCUT2D eigenvalue weighted by atomic mass is 9.76. The molecular weight excluding hydrogens is 410 g/mol. The van der Waals surface area contributed by atoms with Crippen molar-refractivity contribution >= 4 is 17.5 Å². The molecule has 2 saturated carbocycles. The van der Waals surface area contributed by atoms with Crippen molar-refractivity contribution in [3.05, 3.63) is 34.4 Å². The average molecular weight is 441 g/mol. The Morgan fingerprint density at radius 1 is 1.20 bits per heavy atom. The van der Waals surface area contributed by atoms with Crippen LogP contribution in [0.25, 0.3) is 0 Å². The number of halogens is 3. The molecule has 1 amide bonds. The predicted molar refractivity (Wildman–Crippen MR) is 112 cm³/mol. The van der Waals surface area contributed by atoms with Crippen molar-refractivity contribution < 1.29 is 18.3 Å². The van der Waals surface area contributed by atoms with E-state index in [-0.39, 0.29) is 34.0 Å². The molecule has 2 N–H and O–H groups in total. The topological polar surface area (TPSA) is 50.4 Å². The Hall–Kier alpha value is -1.24. The fraction of sp³-hybridized carbons (Fsp3) is 0.696. The standard InChI is InChI=1S/C23H31ClF2N2O2/c1-22(9-3-4-10-22)20(18-17(25)8-7-16(24)19(18)26)27-21(29)14-5-6-15(11-14)28-23(2)12-30-13-23/h7-8,14-15,20,28H,3-6,9-13H2,1-2H3,(H,27,29)/t14-,15+,20-/m1/s1. The fourth-order valence-electron chi connectivity index (χ4n) is 5.47. The van der Waals surface area contributed by atoms with Crippen LogP contribution in [0.3, 0.4) is 0 Å². The Balaban J connectivity index is 1.51. The molecule has 0 unspecified atom stereocenters. The molecule has 1 aromatic carbocycles. The summed E-state index contributed by atoms with van der Waals surface area (Å²) in [5.41, 5.74) is -0.509. The van der Waals surface area contributed by atoms with Gasteiger partial charge in [-0.25, -0.2) is 8.78 Å². The van der Waals surface area contributed by atoms with Crippen molar-refractivity contribution in [2.24, 2.45) is 11.3 Å². The molecule has 1 aliphatic heterocycles. The van der Waals surface area contributed by atoms with Crippen LogP contribution in [0.2, 0.25) is 5.02 Å². The zero-order chi connectivity index (χ0) is 21.5. The van der Waals surface area contributed by atoms with Gasteiger partial charge in [-0.05, 0) is 56.6 Å². The quantitative estimate of drug-likeness (QED) is 0.618. The highest BCUT2D eigenvalue weighted by Crippen LogP contribution is 2.49. The van der Waals surface area contributed by atoms with E-state index in [2.05, 4.69) is 17.6 Å². The van der Waals surface area contributed by atoms with Gasteiger partial charge in [0.1, 0.15) is 11.6 Å². The first kappa shape index (κ1) is 22.0. The summed E-state index contributed by atoms with van der Waals surface area (Å²) in [5.74, 6) is -1.70. The lowest BCUT2D eigenvalue weighted by molar-refractivity contribution is -0.126. The van der Waals surface area contributed by atoms with Gasteiger partial charge in [-0.1, -0.05) is 31.4 Å². The number of hydrogen-bond acceptors (Lipinski definition) is 3. The van der Waals surface area contributed by atoms with Crippen LogP contribution in [0.1, 0.15) is 70.4 Å². The van der Waals surface area contributed by atoms with Gasteiger partial charge in [0, 0.05) is 17.5 Å². The minimum Gasteiger partial charge on any atom is -0.377 e. The normalized spacial score (nSPS) is 28.2. The summed E-state index contributed by atoms with van der Waals surface area (Å²) in [7, 11) is 0. The van der Waals surface area contributed by atoms with Gasteiger partial charge in [0.25, 0.3) is 0 Å². The van der Waals surface area contributed by atoms with E-state index in [1.807, 2.05) is 6.92 Å². The van der Waals surface area contributed by atoms with Crippen molar-refractivity contribution in [3.8, 4) is 0 Å². The second-order valence-corrected chi connectivity index (χ2v) is 10.4. The highest BCUT2D eigenvalue weighted by Gasteiger charge is 2.44.